The lowest BCUT2D eigenvalue weighted by atomic mass is 10.1. The Morgan fingerprint density at radius 3 is 2.38 bits per heavy atom. The summed E-state index contributed by atoms with van der Waals surface area (Å²) < 4.78 is 23.9. The number of anilines is 1. The van der Waals surface area contributed by atoms with E-state index in [-0.39, 0.29) is 17.5 Å². The minimum atomic E-state index is -2.98. The topological polar surface area (TPSA) is 49.4 Å². The fourth-order valence-corrected chi connectivity index (χ4v) is 5.25. The molecule has 0 aliphatic carbocycles. The average Bonchev–Trinajstić information content (AvgIpc) is 3.00. The Balaban J connectivity index is 1.78. The van der Waals surface area contributed by atoms with Crippen LogP contribution in [0.25, 0.3) is 0 Å². The summed E-state index contributed by atoms with van der Waals surface area (Å²) >= 11 is 5.65. The van der Waals surface area contributed by atoms with Crippen molar-refractivity contribution in [3.05, 3.63) is 65.7 Å². The Labute approximate surface area is 161 Å². The van der Waals surface area contributed by atoms with Gasteiger partial charge in [-0.2, -0.15) is 0 Å². The van der Waals surface area contributed by atoms with Crippen LogP contribution in [-0.4, -0.2) is 36.0 Å². The van der Waals surface area contributed by atoms with Gasteiger partial charge in [0.1, 0.15) is 0 Å². The Morgan fingerprint density at radius 2 is 1.81 bits per heavy atom. The number of sulfone groups is 1. The minimum absolute atomic E-state index is 0.0879. The van der Waals surface area contributed by atoms with Crippen molar-refractivity contribution in [3.63, 3.8) is 0 Å². The molecular weight excluding hydrogens is 364 g/mol. The fraction of sp³-hybridized carbons (Fsp3) is 0.350. The highest BCUT2D eigenvalue weighted by molar-refractivity contribution is 7.91. The maximum absolute atomic E-state index is 12.0. The molecule has 0 spiro atoms. The Hall–Kier alpha value is -1.92. The number of thiocarbonyl (C=S) groups is 1. The van der Waals surface area contributed by atoms with Gasteiger partial charge in [-0.05, 0) is 48.3 Å². The molecule has 2 aromatic rings. The summed E-state index contributed by atoms with van der Waals surface area (Å²) in [4.78, 5) is 2.02. The van der Waals surface area contributed by atoms with E-state index in [1.807, 2.05) is 47.4 Å². The third-order valence-electron chi connectivity index (χ3n) is 4.72. The van der Waals surface area contributed by atoms with Gasteiger partial charge in [0.15, 0.2) is 14.9 Å². The highest BCUT2D eigenvalue weighted by Gasteiger charge is 2.33. The number of nitrogens with zero attached hydrogens (tertiary/aromatic N) is 1. The standard InChI is InChI=1S/C20H24N2O2S2/c1-2-16-8-10-18(11-9-16)21-20(25)22(14-17-6-4-3-5-7-17)19-12-13-26(23,24)15-19/h3-11,19H,2,12-15H2,1H3,(H,21,25)/t19-/m0/s1. The van der Waals surface area contributed by atoms with E-state index in [1.165, 1.54) is 5.56 Å². The average molecular weight is 389 g/mol. The molecule has 4 nitrogen and oxygen atoms in total. The van der Waals surface area contributed by atoms with E-state index in [0.29, 0.717) is 18.1 Å². The normalized spacial score (nSPS) is 18.4. The van der Waals surface area contributed by atoms with E-state index < -0.39 is 9.84 Å². The van der Waals surface area contributed by atoms with Crippen molar-refractivity contribution in [3.8, 4) is 0 Å². The largest absolute Gasteiger partial charge is 0.341 e. The predicted molar refractivity (Wildman–Crippen MR) is 111 cm³/mol. The van der Waals surface area contributed by atoms with E-state index >= 15 is 0 Å². The number of hydrogen-bond donors (Lipinski definition) is 1. The van der Waals surface area contributed by atoms with Crippen molar-refractivity contribution in [2.75, 3.05) is 16.8 Å². The van der Waals surface area contributed by atoms with Gasteiger partial charge in [0.2, 0.25) is 0 Å². The van der Waals surface area contributed by atoms with Crippen LogP contribution in [0.3, 0.4) is 0 Å². The van der Waals surface area contributed by atoms with Gasteiger partial charge in [-0.1, -0.05) is 49.4 Å². The summed E-state index contributed by atoms with van der Waals surface area (Å²) in [6.07, 6.45) is 1.61. The molecule has 6 heteroatoms. The summed E-state index contributed by atoms with van der Waals surface area (Å²) in [6, 6.07) is 18.1. The van der Waals surface area contributed by atoms with Gasteiger partial charge >= 0.3 is 0 Å². The van der Waals surface area contributed by atoms with Crippen LogP contribution in [0, 0.1) is 0 Å². The zero-order chi connectivity index (χ0) is 18.6. The van der Waals surface area contributed by atoms with E-state index in [2.05, 4.69) is 24.4 Å². The summed E-state index contributed by atoms with van der Waals surface area (Å²) in [5.41, 5.74) is 3.30. The van der Waals surface area contributed by atoms with Gasteiger partial charge in [0.25, 0.3) is 0 Å². The van der Waals surface area contributed by atoms with Crippen molar-refractivity contribution in [2.45, 2.75) is 32.4 Å². The van der Waals surface area contributed by atoms with Crippen molar-refractivity contribution in [1.29, 1.82) is 0 Å². The number of benzene rings is 2. The monoisotopic (exact) mass is 388 g/mol. The molecule has 0 aromatic heterocycles. The molecule has 2 aromatic carbocycles. The van der Waals surface area contributed by atoms with Crippen molar-refractivity contribution < 1.29 is 8.42 Å². The number of hydrogen-bond acceptors (Lipinski definition) is 3. The quantitative estimate of drug-likeness (QED) is 0.793. The van der Waals surface area contributed by atoms with Crippen LogP contribution in [0.2, 0.25) is 0 Å². The molecule has 26 heavy (non-hydrogen) atoms. The fourth-order valence-electron chi connectivity index (χ4n) is 3.19. The van der Waals surface area contributed by atoms with E-state index in [9.17, 15) is 8.42 Å². The van der Waals surface area contributed by atoms with Crippen LogP contribution in [0.5, 0.6) is 0 Å². The maximum Gasteiger partial charge on any atom is 0.174 e. The van der Waals surface area contributed by atoms with Crippen LogP contribution in [-0.2, 0) is 22.8 Å². The van der Waals surface area contributed by atoms with E-state index in [0.717, 1.165) is 17.7 Å². The zero-order valence-electron chi connectivity index (χ0n) is 14.9. The Bertz CT molecular complexity index is 849. The van der Waals surface area contributed by atoms with Crippen molar-refractivity contribution in [2.24, 2.45) is 0 Å². The molecule has 0 unspecified atom stereocenters. The smallest absolute Gasteiger partial charge is 0.174 e. The van der Waals surface area contributed by atoms with Crippen LogP contribution in [0.4, 0.5) is 5.69 Å². The number of rotatable bonds is 5. The number of aryl methyl sites for hydroxylation is 1. The van der Waals surface area contributed by atoms with Crippen LogP contribution >= 0.6 is 12.2 Å². The van der Waals surface area contributed by atoms with Crippen LogP contribution < -0.4 is 5.32 Å². The first-order chi connectivity index (χ1) is 12.5. The van der Waals surface area contributed by atoms with Crippen LogP contribution in [0.1, 0.15) is 24.5 Å². The van der Waals surface area contributed by atoms with Gasteiger partial charge in [0.05, 0.1) is 11.5 Å². The van der Waals surface area contributed by atoms with E-state index in [4.69, 9.17) is 12.2 Å². The predicted octanol–water partition coefficient (Wildman–Crippen LogP) is 3.64. The molecule has 138 valence electrons. The minimum Gasteiger partial charge on any atom is -0.341 e. The lowest BCUT2D eigenvalue weighted by Crippen LogP contribution is -2.42. The van der Waals surface area contributed by atoms with Gasteiger partial charge in [-0.15, -0.1) is 0 Å². The Morgan fingerprint density at radius 1 is 1.12 bits per heavy atom. The highest BCUT2D eigenvalue weighted by Crippen LogP contribution is 2.22. The molecule has 0 saturated carbocycles. The van der Waals surface area contributed by atoms with E-state index in [1.54, 1.807) is 0 Å². The summed E-state index contributed by atoms with van der Waals surface area (Å²) in [7, 11) is -2.98. The molecule has 1 N–H and O–H groups in total. The molecule has 3 rings (SSSR count). The summed E-state index contributed by atoms with van der Waals surface area (Å²) in [5.74, 6) is 0.396. The lowest BCUT2D eigenvalue weighted by molar-refractivity contribution is 0.332. The first kappa shape index (κ1) is 18.9. The molecule has 0 bridgehead atoms. The second-order valence-electron chi connectivity index (χ2n) is 6.65. The second kappa shape index (κ2) is 8.18. The SMILES string of the molecule is CCc1ccc(NC(=S)N(Cc2ccccc2)[C@H]2CCS(=O)(=O)C2)cc1. The second-order valence-corrected chi connectivity index (χ2v) is 9.27. The van der Waals surface area contributed by atoms with Crippen LogP contribution in [0.15, 0.2) is 54.6 Å². The third-order valence-corrected chi connectivity index (χ3v) is 6.81. The molecule has 0 amide bonds. The first-order valence-electron chi connectivity index (χ1n) is 8.88. The van der Waals surface area contributed by atoms with Gasteiger partial charge < -0.3 is 10.2 Å². The van der Waals surface area contributed by atoms with Gasteiger partial charge in [-0.25, -0.2) is 8.42 Å². The lowest BCUT2D eigenvalue weighted by Gasteiger charge is -2.31. The zero-order valence-corrected chi connectivity index (χ0v) is 16.5. The molecule has 1 heterocycles. The molecule has 1 aliphatic heterocycles. The molecular formula is C20H24N2O2S2. The van der Waals surface area contributed by atoms with Crippen molar-refractivity contribution in [1.82, 2.24) is 4.90 Å². The molecule has 1 saturated heterocycles. The van der Waals surface area contributed by atoms with Gasteiger partial charge in [-0.3, -0.25) is 0 Å². The molecule has 1 atom stereocenters. The molecule has 1 fully saturated rings. The van der Waals surface area contributed by atoms with Gasteiger partial charge in [0, 0.05) is 18.3 Å². The number of nitrogens with one attached hydrogen (secondary N) is 1. The molecule has 0 radical (unpaired) electrons. The third kappa shape index (κ3) is 4.83. The van der Waals surface area contributed by atoms with Crippen molar-refractivity contribution >= 4 is 32.9 Å². The highest BCUT2D eigenvalue weighted by atomic mass is 32.2. The molecule has 1 aliphatic rings. The summed E-state index contributed by atoms with van der Waals surface area (Å²) in [5, 5.41) is 3.85. The summed E-state index contributed by atoms with van der Waals surface area (Å²) in [6.45, 7) is 2.72. The Kier molecular flexibility index (Phi) is 5.94. The first-order valence-corrected chi connectivity index (χ1v) is 11.1. The maximum atomic E-state index is 12.0.